The molecule has 6 rings (SSSR count). The van der Waals surface area contributed by atoms with Gasteiger partial charge >= 0.3 is 5.97 Å². The van der Waals surface area contributed by atoms with E-state index in [2.05, 4.69) is 85.1 Å². The van der Waals surface area contributed by atoms with Crippen LogP contribution in [-0.4, -0.2) is 15.6 Å². The number of aromatic nitrogens is 1. The van der Waals surface area contributed by atoms with E-state index in [-0.39, 0.29) is 5.41 Å². The molecule has 1 heterocycles. The lowest BCUT2D eigenvalue weighted by atomic mass is 9.82. The van der Waals surface area contributed by atoms with Crippen molar-refractivity contribution >= 4 is 27.8 Å². The Morgan fingerprint density at radius 2 is 1.29 bits per heavy atom. The van der Waals surface area contributed by atoms with Crippen molar-refractivity contribution in [2.24, 2.45) is 0 Å². The SMILES string of the molecule is CC1(C)c2cc(C(=O)O)ccc2-c2ccc(-n3c4ccccc4c4ccccc43)cc21. The van der Waals surface area contributed by atoms with Gasteiger partial charge in [-0.2, -0.15) is 0 Å². The first-order chi connectivity index (χ1) is 15.0. The maximum absolute atomic E-state index is 11.5. The molecular weight excluding hydrogens is 382 g/mol. The fourth-order valence-corrected chi connectivity index (χ4v) is 5.20. The molecule has 0 aliphatic heterocycles. The topological polar surface area (TPSA) is 42.2 Å². The van der Waals surface area contributed by atoms with Crippen molar-refractivity contribution < 1.29 is 9.90 Å². The molecule has 1 aromatic heterocycles. The number of carbonyl (C=O) groups is 1. The minimum Gasteiger partial charge on any atom is -0.478 e. The van der Waals surface area contributed by atoms with Gasteiger partial charge < -0.3 is 9.67 Å². The van der Waals surface area contributed by atoms with Crippen LogP contribution in [0.2, 0.25) is 0 Å². The predicted molar refractivity (Wildman–Crippen MR) is 125 cm³/mol. The van der Waals surface area contributed by atoms with E-state index in [1.54, 1.807) is 6.07 Å². The predicted octanol–water partition coefficient (Wildman–Crippen LogP) is 6.79. The molecule has 0 unspecified atom stereocenters. The summed E-state index contributed by atoms with van der Waals surface area (Å²) in [4.78, 5) is 11.5. The summed E-state index contributed by atoms with van der Waals surface area (Å²) in [6.07, 6.45) is 0. The molecule has 0 fully saturated rings. The van der Waals surface area contributed by atoms with Gasteiger partial charge in [0.2, 0.25) is 0 Å². The highest BCUT2D eigenvalue weighted by Gasteiger charge is 2.36. The van der Waals surface area contributed by atoms with Gasteiger partial charge in [0, 0.05) is 21.9 Å². The molecular formula is C28H21NO2. The Balaban J connectivity index is 1.62. The second-order valence-electron chi connectivity index (χ2n) is 8.79. The first-order valence-electron chi connectivity index (χ1n) is 10.5. The monoisotopic (exact) mass is 403 g/mol. The van der Waals surface area contributed by atoms with Gasteiger partial charge in [0.15, 0.2) is 0 Å². The lowest BCUT2D eigenvalue weighted by Crippen LogP contribution is -2.16. The maximum atomic E-state index is 11.5. The molecule has 0 bridgehead atoms. The molecule has 0 radical (unpaired) electrons. The zero-order chi connectivity index (χ0) is 21.3. The third-order valence-electron chi connectivity index (χ3n) is 6.74. The van der Waals surface area contributed by atoms with Gasteiger partial charge in [0.25, 0.3) is 0 Å². The van der Waals surface area contributed by atoms with Gasteiger partial charge in [-0.25, -0.2) is 4.79 Å². The van der Waals surface area contributed by atoms with E-state index in [1.807, 2.05) is 12.1 Å². The smallest absolute Gasteiger partial charge is 0.335 e. The number of carboxylic acid groups (broad SMARTS) is 1. The maximum Gasteiger partial charge on any atom is 0.335 e. The fraction of sp³-hybridized carbons (Fsp3) is 0.107. The molecule has 150 valence electrons. The Morgan fingerprint density at radius 3 is 1.90 bits per heavy atom. The van der Waals surface area contributed by atoms with E-state index in [9.17, 15) is 9.90 Å². The molecule has 3 nitrogen and oxygen atoms in total. The number of benzene rings is 4. The van der Waals surface area contributed by atoms with Gasteiger partial charge in [-0.15, -0.1) is 0 Å². The van der Waals surface area contributed by atoms with Crippen molar-refractivity contribution in [2.45, 2.75) is 19.3 Å². The van der Waals surface area contributed by atoms with Crippen LogP contribution < -0.4 is 0 Å². The van der Waals surface area contributed by atoms with E-state index in [0.29, 0.717) is 5.56 Å². The van der Waals surface area contributed by atoms with Crippen LogP contribution in [0.3, 0.4) is 0 Å². The quantitative estimate of drug-likeness (QED) is 0.353. The molecule has 1 aliphatic carbocycles. The lowest BCUT2D eigenvalue weighted by molar-refractivity contribution is 0.0696. The van der Waals surface area contributed by atoms with Gasteiger partial charge in [0.1, 0.15) is 0 Å². The molecule has 5 aromatic rings. The minimum absolute atomic E-state index is 0.273. The number of nitrogens with zero attached hydrogens (tertiary/aromatic N) is 1. The lowest BCUT2D eigenvalue weighted by Gasteiger charge is -2.22. The van der Waals surface area contributed by atoms with Crippen LogP contribution in [-0.2, 0) is 5.41 Å². The number of rotatable bonds is 2. The van der Waals surface area contributed by atoms with Crippen molar-refractivity contribution in [3.8, 4) is 16.8 Å². The average molecular weight is 403 g/mol. The number of carboxylic acids is 1. The van der Waals surface area contributed by atoms with Gasteiger partial charge in [0.05, 0.1) is 16.6 Å². The second kappa shape index (κ2) is 6.08. The number of hydrogen-bond acceptors (Lipinski definition) is 1. The van der Waals surface area contributed by atoms with Crippen LogP contribution in [0.4, 0.5) is 0 Å². The standard InChI is InChI=1S/C28H21NO2/c1-28(2)23-15-17(27(30)31)11-13-19(23)20-14-12-18(16-24(20)28)29-25-9-5-3-7-21(25)22-8-4-6-10-26(22)29/h3-16H,1-2H3,(H,30,31). The highest BCUT2D eigenvalue weighted by molar-refractivity contribution is 6.09. The van der Waals surface area contributed by atoms with E-state index >= 15 is 0 Å². The summed E-state index contributed by atoms with van der Waals surface area (Å²) in [6.45, 7) is 4.36. The summed E-state index contributed by atoms with van der Waals surface area (Å²) in [5, 5.41) is 12.0. The molecule has 1 N–H and O–H groups in total. The molecule has 0 spiro atoms. The van der Waals surface area contributed by atoms with Crippen LogP contribution >= 0.6 is 0 Å². The van der Waals surface area contributed by atoms with Crippen LogP contribution in [0.1, 0.15) is 35.3 Å². The largest absolute Gasteiger partial charge is 0.478 e. The van der Waals surface area contributed by atoms with Crippen molar-refractivity contribution in [3.05, 3.63) is 102 Å². The zero-order valence-corrected chi connectivity index (χ0v) is 17.4. The summed E-state index contributed by atoms with van der Waals surface area (Å²) in [6, 6.07) is 29.1. The molecule has 31 heavy (non-hydrogen) atoms. The normalized spacial score (nSPS) is 14.0. The van der Waals surface area contributed by atoms with Crippen molar-refractivity contribution in [3.63, 3.8) is 0 Å². The summed E-state index contributed by atoms with van der Waals surface area (Å²) in [5.74, 6) is -0.888. The summed E-state index contributed by atoms with van der Waals surface area (Å²) in [7, 11) is 0. The van der Waals surface area contributed by atoms with Gasteiger partial charge in [-0.1, -0.05) is 62.4 Å². The van der Waals surface area contributed by atoms with E-state index in [0.717, 1.165) is 16.8 Å². The third kappa shape index (κ3) is 2.37. The molecule has 0 saturated carbocycles. The minimum atomic E-state index is -0.888. The molecule has 1 aliphatic rings. The van der Waals surface area contributed by atoms with Gasteiger partial charge in [-0.3, -0.25) is 0 Å². The number of hydrogen-bond donors (Lipinski definition) is 1. The Bertz CT molecular complexity index is 1480. The highest BCUT2D eigenvalue weighted by atomic mass is 16.4. The second-order valence-corrected chi connectivity index (χ2v) is 8.79. The Morgan fingerprint density at radius 1 is 0.742 bits per heavy atom. The van der Waals surface area contributed by atoms with Crippen LogP contribution in [0.25, 0.3) is 38.6 Å². The fourth-order valence-electron chi connectivity index (χ4n) is 5.20. The zero-order valence-electron chi connectivity index (χ0n) is 17.4. The third-order valence-corrected chi connectivity index (χ3v) is 6.74. The molecule has 0 amide bonds. The van der Waals surface area contributed by atoms with Crippen molar-refractivity contribution in [1.82, 2.24) is 4.57 Å². The van der Waals surface area contributed by atoms with E-state index in [4.69, 9.17) is 0 Å². The van der Waals surface area contributed by atoms with Crippen LogP contribution in [0.15, 0.2) is 84.9 Å². The van der Waals surface area contributed by atoms with E-state index in [1.165, 1.54) is 32.9 Å². The molecule has 4 aromatic carbocycles. The summed E-state index contributed by atoms with van der Waals surface area (Å²) in [5.41, 5.74) is 8.16. The van der Waals surface area contributed by atoms with Crippen LogP contribution in [0.5, 0.6) is 0 Å². The Kier molecular flexibility index (Phi) is 3.52. The molecule has 3 heteroatoms. The number of aromatic carboxylic acids is 1. The van der Waals surface area contributed by atoms with Gasteiger partial charge in [-0.05, 0) is 58.7 Å². The highest BCUT2D eigenvalue weighted by Crippen LogP contribution is 2.49. The summed E-state index contributed by atoms with van der Waals surface area (Å²) >= 11 is 0. The average Bonchev–Trinajstić information content (AvgIpc) is 3.23. The number of para-hydroxylation sites is 2. The Hall–Kier alpha value is -3.85. The van der Waals surface area contributed by atoms with Crippen molar-refractivity contribution in [1.29, 1.82) is 0 Å². The number of fused-ring (bicyclic) bond motifs is 6. The molecule has 0 saturated heterocycles. The van der Waals surface area contributed by atoms with Crippen LogP contribution in [0, 0.1) is 0 Å². The first kappa shape index (κ1) is 18.0. The van der Waals surface area contributed by atoms with E-state index < -0.39 is 5.97 Å². The Labute approximate surface area is 180 Å². The first-order valence-corrected chi connectivity index (χ1v) is 10.5. The van der Waals surface area contributed by atoms with Crippen molar-refractivity contribution in [2.75, 3.05) is 0 Å². The summed E-state index contributed by atoms with van der Waals surface area (Å²) < 4.78 is 2.33. The molecule has 0 atom stereocenters.